The number of benzene rings is 2. The number of hydrogen-bond donors (Lipinski definition) is 0. The number of rotatable bonds is 3. The van der Waals surface area contributed by atoms with E-state index in [-0.39, 0.29) is 0 Å². The third-order valence-electron chi connectivity index (χ3n) is 2.97. The first-order valence-electron chi connectivity index (χ1n) is 6.31. The van der Waals surface area contributed by atoms with Crippen molar-refractivity contribution in [3.05, 3.63) is 77.8 Å². The zero-order chi connectivity index (χ0) is 13.8. The molecular formula is C17H13NOS. The Balaban J connectivity index is 1.85. The molecule has 1 unspecified atom stereocenters. The van der Waals surface area contributed by atoms with Crippen LogP contribution < -0.4 is 0 Å². The lowest BCUT2D eigenvalue weighted by atomic mass is 10.2. The summed E-state index contributed by atoms with van der Waals surface area (Å²) in [4.78, 5) is 5.18. The second-order valence-corrected chi connectivity index (χ2v) is 5.71. The molecule has 3 rings (SSSR count). The molecule has 0 saturated carbocycles. The normalized spacial score (nSPS) is 12.8. The van der Waals surface area contributed by atoms with Crippen LogP contribution in [0.3, 0.4) is 0 Å². The maximum absolute atomic E-state index is 12.1. The summed E-state index contributed by atoms with van der Waals surface area (Å²) in [5.41, 5.74) is 1.92. The van der Waals surface area contributed by atoms with E-state index in [0.717, 1.165) is 21.4 Å². The van der Waals surface area contributed by atoms with Crippen molar-refractivity contribution < 1.29 is 4.21 Å². The molecule has 0 aliphatic carbocycles. The fourth-order valence-corrected chi connectivity index (χ4v) is 2.82. The molecule has 3 aromatic rings. The highest BCUT2D eigenvalue weighted by molar-refractivity contribution is 7.88. The van der Waals surface area contributed by atoms with Crippen molar-refractivity contribution in [2.24, 2.45) is 0 Å². The number of pyridine rings is 1. The van der Waals surface area contributed by atoms with Gasteiger partial charge >= 0.3 is 0 Å². The Morgan fingerprint density at radius 3 is 2.55 bits per heavy atom. The first-order valence-corrected chi connectivity index (χ1v) is 7.53. The fraction of sp³-hybridized carbons (Fsp3) is 0. The zero-order valence-electron chi connectivity index (χ0n) is 10.8. The Kier molecular flexibility index (Phi) is 3.70. The monoisotopic (exact) mass is 279 g/mol. The Morgan fingerprint density at radius 1 is 0.950 bits per heavy atom. The number of hydrogen-bond acceptors (Lipinski definition) is 2. The molecule has 0 bridgehead atoms. The first-order chi connectivity index (χ1) is 9.83. The minimum Gasteiger partial charge on any atom is -0.256 e. The summed E-state index contributed by atoms with van der Waals surface area (Å²) < 4.78 is 12.1. The molecule has 0 amide bonds. The van der Waals surface area contributed by atoms with Crippen LogP contribution in [0.1, 0.15) is 5.56 Å². The van der Waals surface area contributed by atoms with Crippen LogP contribution in [0.5, 0.6) is 0 Å². The number of fused-ring (bicyclic) bond motifs is 1. The highest BCUT2D eigenvalue weighted by Gasteiger charge is 1.98. The molecule has 0 aliphatic heterocycles. The number of nitrogens with zero attached hydrogens (tertiary/aromatic N) is 1. The van der Waals surface area contributed by atoms with Gasteiger partial charge in [0.15, 0.2) is 0 Å². The van der Waals surface area contributed by atoms with Crippen molar-refractivity contribution in [2.75, 3.05) is 0 Å². The van der Waals surface area contributed by atoms with E-state index in [1.807, 2.05) is 66.7 Å². The van der Waals surface area contributed by atoms with Gasteiger partial charge in [-0.25, -0.2) is 4.21 Å². The maximum Gasteiger partial charge on any atom is 0.0776 e. The van der Waals surface area contributed by atoms with Gasteiger partial charge in [-0.15, -0.1) is 0 Å². The van der Waals surface area contributed by atoms with Gasteiger partial charge in [-0.05, 0) is 35.9 Å². The lowest BCUT2D eigenvalue weighted by Gasteiger charge is -1.99. The minimum absolute atomic E-state index is 0.803. The molecule has 2 aromatic carbocycles. The van der Waals surface area contributed by atoms with E-state index in [9.17, 15) is 4.21 Å². The van der Waals surface area contributed by atoms with E-state index in [4.69, 9.17) is 0 Å². The highest BCUT2D eigenvalue weighted by atomic mass is 32.2. The Morgan fingerprint density at radius 2 is 1.70 bits per heavy atom. The van der Waals surface area contributed by atoms with Crippen molar-refractivity contribution in [2.45, 2.75) is 4.90 Å². The van der Waals surface area contributed by atoms with Crippen LogP contribution in [0.15, 0.2) is 77.2 Å². The largest absolute Gasteiger partial charge is 0.256 e. The molecule has 0 fully saturated rings. The van der Waals surface area contributed by atoms with E-state index < -0.39 is 10.8 Å². The minimum atomic E-state index is -1.13. The lowest BCUT2D eigenvalue weighted by molar-refractivity contribution is 0.688. The van der Waals surface area contributed by atoms with Crippen molar-refractivity contribution in [3.63, 3.8) is 0 Å². The molecule has 0 aliphatic rings. The summed E-state index contributed by atoms with van der Waals surface area (Å²) in [5, 5.41) is 2.78. The molecule has 0 saturated heterocycles. The molecule has 1 heterocycles. The average molecular weight is 279 g/mol. The van der Waals surface area contributed by atoms with Crippen molar-refractivity contribution >= 4 is 27.8 Å². The Labute approximate surface area is 120 Å². The van der Waals surface area contributed by atoms with E-state index in [0.29, 0.717) is 0 Å². The second-order valence-electron chi connectivity index (χ2n) is 4.37. The number of para-hydroxylation sites is 1. The van der Waals surface area contributed by atoms with Gasteiger partial charge in [0.25, 0.3) is 0 Å². The van der Waals surface area contributed by atoms with Crippen LogP contribution in [0.2, 0.25) is 0 Å². The predicted octanol–water partition coefficient (Wildman–Crippen LogP) is 4.01. The van der Waals surface area contributed by atoms with Gasteiger partial charge < -0.3 is 0 Å². The van der Waals surface area contributed by atoms with Crippen LogP contribution in [0, 0.1) is 0 Å². The molecule has 1 atom stereocenters. The predicted molar refractivity (Wildman–Crippen MR) is 83.6 cm³/mol. The van der Waals surface area contributed by atoms with E-state index in [1.165, 1.54) is 0 Å². The summed E-state index contributed by atoms with van der Waals surface area (Å²) in [6.07, 6.45) is 3.64. The Bertz CT molecular complexity index is 781. The quantitative estimate of drug-likeness (QED) is 0.725. The van der Waals surface area contributed by atoms with E-state index in [1.54, 1.807) is 11.6 Å². The third-order valence-corrected chi connectivity index (χ3v) is 4.09. The van der Waals surface area contributed by atoms with Crippen LogP contribution in [-0.2, 0) is 10.8 Å². The van der Waals surface area contributed by atoms with Crippen molar-refractivity contribution in [1.29, 1.82) is 0 Å². The van der Waals surface area contributed by atoms with Gasteiger partial charge in [-0.1, -0.05) is 36.4 Å². The van der Waals surface area contributed by atoms with Gasteiger partial charge in [-0.3, -0.25) is 4.98 Å². The van der Waals surface area contributed by atoms with Gasteiger partial charge in [0.2, 0.25) is 0 Å². The molecule has 2 nitrogen and oxygen atoms in total. The molecule has 0 radical (unpaired) electrons. The standard InChI is InChI=1S/C17H13NOS/c19-20(16-7-2-1-3-8-16)11-10-14-12-15-6-4-5-9-17(15)18-13-14/h1-13H/b11-10+. The molecule has 0 N–H and O–H groups in total. The van der Waals surface area contributed by atoms with Gasteiger partial charge in [0, 0.05) is 21.9 Å². The highest BCUT2D eigenvalue weighted by Crippen LogP contribution is 2.15. The summed E-state index contributed by atoms with van der Waals surface area (Å²) in [6, 6.07) is 19.4. The lowest BCUT2D eigenvalue weighted by Crippen LogP contribution is -1.85. The smallest absolute Gasteiger partial charge is 0.0776 e. The molecular weight excluding hydrogens is 266 g/mol. The third kappa shape index (κ3) is 2.83. The summed E-state index contributed by atoms with van der Waals surface area (Å²) in [5.74, 6) is 0. The summed E-state index contributed by atoms with van der Waals surface area (Å²) >= 11 is 0. The molecule has 98 valence electrons. The fourth-order valence-electron chi connectivity index (χ4n) is 1.95. The van der Waals surface area contributed by atoms with Gasteiger partial charge in [0.1, 0.15) is 0 Å². The second kappa shape index (κ2) is 5.80. The summed E-state index contributed by atoms with van der Waals surface area (Å²) in [6.45, 7) is 0. The SMILES string of the molecule is O=S(/C=C/c1cnc2ccccc2c1)c1ccccc1. The van der Waals surface area contributed by atoms with Gasteiger partial charge in [0.05, 0.1) is 16.3 Å². The van der Waals surface area contributed by atoms with Crippen LogP contribution in [0.4, 0.5) is 0 Å². The van der Waals surface area contributed by atoms with Crippen LogP contribution in [0.25, 0.3) is 17.0 Å². The molecule has 0 spiro atoms. The van der Waals surface area contributed by atoms with E-state index in [2.05, 4.69) is 4.98 Å². The van der Waals surface area contributed by atoms with Gasteiger partial charge in [-0.2, -0.15) is 0 Å². The average Bonchev–Trinajstić information content (AvgIpc) is 2.53. The van der Waals surface area contributed by atoms with Crippen molar-refractivity contribution in [3.8, 4) is 0 Å². The maximum atomic E-state index is 12.1. The topological polar surface area (TPSA) is 30.0 Å². The van der Waals surface area contributed by atoms with Crippen LogP contribution in [-0.4, -0.2) is 9.19 Å². The first kappa shape index (κ1) is 12.8. The molecule has 1 aromatic heterocycles. The summed E-state index contributed by atoms with van der Waals surface area (Å²) in [7, 11) is -1.13. The van der Waals surface area contributed by atoms with Crippen molar-refractivity contribution in [1.82, 2.24) is 4.98 Å². The number of aromatic nitrogens is 1. The Hall–Kier alpha value is -2.26. The zero-order valence-corrected chi connectivity index (χ0v) is 11.6. The molecule has 3 heteroatoms. The molecule has 20 heavy (non-hydrogen) atoms. The van der Waals surface area contributed by atoms with E-state index >= 15 is 0 Å². The van der Waals surface area contributed by atoms with Crippen LogP contribution >= 0.6 is 0 Å².